The zero-order chi connectivity index (χ0) is 16.7. The highest BCUT2D eigenvalue weighted by Crippen LogP contribution is 2.15. The maximum absolute atomic E-state index is 11.8. The molecule has 0 unspecified atom stereocenters. The summed E-state index contributed by atoms with van der Waals surface area (Å²) >= 11 is 1.63. The second kappa shape index (κ2) is 8.33. The molecule has 2 amide bonds. The van der Waals surface area contributed by atoms with Crippen molar-refractivity contribution in [3.05, 3.63) is 46.7 Å². The summed E-state index contributed by atoms with van der Waals surface area (Å²) < 4.78 is 0. The summed E-state index contributed by atoms with van der Waals surface area (Å²) in [5.74, 6) is -0.344. The fourth-order valence-corrected chi connectivity index (χ4v) is 2.72. The molecule has 0 saturated carbocycles. The van der Waals surface area contributed by atoms with Gasteiger partial charge in [-0.05, 0) is 42.1 Å². The van der Waals surface area contributed by atoms with Crippen LogP contribution >= 0.6 is 11.3 Å². The van der Waals surface area contributed by atoms with Gasteiger partial charge in [-0.3, -0.25) is 9.59 Å². The molecular weight excluding hydrogens is 310 g/mol. The molecule has 0 bridgehead atoms. The van der Waals surface area contributed by atoms with E-state index in [2.05, 4.69) is 10.6 Å². The van der Waals surface area contributed by atoms with Crippen molar-refractivity contribution < 1.29 is 9.59 Å². The molecule has 1 heterocycles. The number of nitrogens with one attached hydrogen (secondary N) is 2. The van der Waals surface area contributed by atoms with Gasteiger partial charge in [0.25, 0.3) is 0 Å². The number of aryl methyl sites for hydroxylation is 1. The van der Waals surface area contributed by atoms with Crippen LogP contribution in [0.1, 0.15) is 11.3 Å². The van der Waals surface area contributed by atoms with Crippen LogP contribution in [0.25, 0.3) is 0 Å². The van der Waals surface area contributed by atoms with Crippen LogP contribution in [0.15, 0.2) is 41.8 Å². The lowest BCUT2D eigenvalue weighted by molar-refractivity contribution is -0.124. The maximum Gasteiger partial charge on any atom is 0.243 e. The Kier molecular flexibility index (Phi) is 6.17. The summed E-state index contributed by atoms with van der Waals surface area (Å²) in [6, 6.07) is 11.5. The average Bonchev–Trinajstić information content (AvgIpc) is 3.05. The van der Waals surface area contributed by atoms with Gasteiger partial charge in [-0.25, -0.2) is 0 Å². The van der Waals surface area contributed by atoms with Gasteiger partial charge < -0.3 is 15.5 Å². The van der Waals surface area contributed by atoms with Crippen molar-refractivity contribution >= 4 is 34.5 Å². The first kappa shape index (κ1) is 17.0. The molecular formula is C17H21N3O2S. The quantitative estimate of drug-likeness (QED) is 0.819. The summed E-state index contributed by atoms with van der Waals surface area (Å²) in [5.41, 5.74) is 1.78. The number of hydrogen-bond donors (Lipinski definition) is 2. The van der Waals surface area contributed by atoms with Crippen molar-refractivity contribution in [3.8, 4) is 0 Å². The van der Waals surface area contributed by atoms with Gasteiger partial charge in [0.1, 0.15) is 0 Å². The van der Waals surface area contributed by atoms with Gasteiger partial charge in [0.05, 0.1) is 6.54 Å². The molecule has 23 heavy (non-hydrogen) atoms. The van der Waals surface area contributed by atoms with Crippen molar-refractivity contribution in [3.63, 3.8) is 0 Å². The predicted molar refractivity (Wildman–Crippen MR) is 95.0 cm³/mol. The Morgan fingerprint density at radius 1 is 1.09 bits per heavy atom. The van der Waals surface area contributed by atoms with Crippen molar-refractivity contribution in [2.24, 2.45) is 0 Å². The summed E-state index contributed by atoms with van der Waals surface area (Å²) in [4.78, 5) is 26.7. The van der Waals surface area contributed by atoms with E-state index >= 15 is 0 Å². The molecule has 2 aromatic rings. The van der Waals surface area contributed by atoms with Crippen LogP contribution < -0.4 is 15.5 Å². The van der Waals surface area contributed by atoms with Crippen LogP contribution in [0, 0.1) is 0 Å². The van der Waals surface area contributed by atoms with Crippen molar-refractivity contribution in [2.45, 2.75) is 12.8 Å². The standard InChI is InChI=1S/C17H21N3O2S/c1-20(2)14-7-5-13(6-8-14)19-17(22)12-18-16(21)10-9-15-4-3-11-23-15/h3-8,11H,9-10,12H2,1-2H3,(H,18,21)(H,19,22). The smallest absolute Gasteiger partial charge is 0.243 e. The number of thiophene rings is 1. The van der Waals surface area contributed by atoms with E-state index in [0.29, 0.717) is 18.5 Å². The van der Waals surface area contributed by atoms with Gasteiger partial charge in [-0.15, -0.1) is 11.3 Å². The lowest BCUT2D eigenvalue weighted by atomic mass is 10.2. The molecule has 122 valence electrons. The number of anilines is 2. The van der Waals surface area contributed by atoms with E-state index in [1.807, 2.05) is 60.8 Å². The number of amides is 2. The fraction of sp³-hybridized carbons (Fsp3) is 0.294. The van der Waals surface area contributed by atoms with E-state index in [4.69, 9.17) is 0 Å². The number of carbonyl (C=O) groups is 2. The third-order valence-corrected chi connectivity index (χ3v) is 4.23. The third-order valence-electron chi connectivity index (χ3n) is 3.29. The molecule has 0 fully saturated rings. The molecule has 1 aromatic heterocycles. The van der Waals surface area contributed by atoms with Crippen LogP contribution in [-0.2, 0) is 16.0 Å². The highest BCUT2D eigenvalue weighted by Gasteiger charge is 2.07. The van der Waals surface area contributed by atoms with Crippen LogP contribution in [0.2, 0.25) is 0 Å². The number of carbonyl (C=O) groups excluding carboxylic acids is 2. The normalized spacial score (nSPS) is 10.2. The van der Waals surface area contributed by atoms with Crippen LogP contribution in [-0.4, -0.2) is 32.5 Å². The van der Waals surface area contributed by atoms with Crippen molar-refractivity contribution in [1.82, 2.24) is 5.32 Å². The lowest BCUT2D eigenvalue weighted by Gasteiger charge is -2.13. The molecule has 5 nitrogen and oxygen atoms in total. The molecule has 6 heteroatoms. The Labute approximate surface area is 140 Å². The number of rotatable bonds is 7. The maximum atomic E-state index is 11.8. The minimum Gasteiger partial charge on any atom is -0.378 e. The monoisotopic (exact) mass is 331 g/mol. The molecule has 0 saturated heterocycles. The fourth-order valence-electron chi connectivity index (χ4n) is 2.01. The number of nitrogens with zero attached hydrogens (tertiary/aromatic N) is 1. The molecule has 2 N–H and O–H groups in total. The molecule has 0 atom stereocenters. The van der Waals surface area contributed by atoms with Gasteiger partial charge in [0.15, 0.2) is 0 Å². The molecule has 0 aliphatic heterocycles. The van der Waals surface area contributed by atoms with E-state index in [0.717, 1.165) is 5.69 Å². The average molecular weight is 331 g/mol. The van der Waals surface area contributed by atoms with E-state index in [-0.39, 0.29) is 18.4 Å². The second-order valence-corrected chi connectivity index (χ2v) is 6.38. The van der Waals surface area contributed by atoms with Crippen LogP contribution in [0.4, 0.5) is 11.4 Å². The molecule has 0 aliphatic carbocycles. The molecule has 2 rings (SSSR count). The zero-order valence-corrected chi connectivity index (χ0v) is 14.2. The summed E-state index contributed by atoms with van der Waals surface area (Å²) in [6.45, 7) is -0.0152. The topological polar surface area (TPSA) is 61.4 Å². The first-order valence-electron chi connectivity index (χ1n) is 7.41. The summed E-state index contributed by atoms with van der Waals surface area (Å²) in [6.07, 6.45) is 1.10. The molecule has 0 aliphatic rings. The SMILES string of the molecule is CN(C)c1ccc(NC(=O)CNC(=O)CCc2cccs2)cc1. The third kappa shape index (κ3) is 5.75. The minimum absolute atomic E-state index is 0.0152. The van der Waals surface area contributed by atoms with Gasteiger partial charge in [-0.1, -0.05) is 6.07 Å². The Morgan fingerprint density at radius 2 is 1.83 bits per heavy atom. The largest absolute Gasteiger partial charge is 0.378 e. The molecule has 0 spiro atoms. The van der Waals surface area contributed by atoms with Crippen LogP contribution in [0.3, 0.4) is 0 Å². The van der Waals surface area contributed by atoms with E-state index in [9.17, 15) is 9.59 Å². The molecule has 0 radical (unpaired) electrons. The highest BCUT2D eigenvalue weighted by molar-refractivity contribution is 7.09. The minimum atomic E-state index is -0.230. The Balaban J connectivity index is 1.70. The summed E-state index contributed by atoms with van der Waals surface area (Å²) in [5, 5.41) is 7.39. The van der Waals surface area contributed by atoms with E-state index in [1.54, 1.807) is 11.3 Å². The first-order valence-corrected chi connectivity index (χ1v) is 8.29. The Bertz CT molecular complexity index is 636. The van der Waals surface area contributed by atoms with Crippen molar-refractivity contribution in [2.75, 3.05) is 30.9 Å². The second-order valence-electron chi connectivity index (χ2n) is 5.35. The Morgan fingerprint density at radius 3 is 2.43 bits per heavy atom. The highest BCUT2D eigenvalue weighted by atomic mass is 32.1. The Hall–Kier alpha value is -2.34. The van der Waals surface area contributed by atoms with Gasteiger partial charge in [-0.2, -0.15) is 0 Å². The van der Waals surface area contributed by atoms with Crippen LogP contribution in [0.5, 0.6) is 0 Å². The van der Waals surface area contributed by atoms with Gasteiger partial charge >= 0.3 is 0 Å². The predicted octanol–water partition coefficient (Wildman–Crippen LogP) is 2.50. The number of hydrogen-bond acceptors (Lipinski definition) is 4. The first-order chi connectivity index (χ1) is 11.0. The van der Waals surface area contributed by atoms with Gasteiger partial charge in [0, 0.05) is 36.8 Å². The van der Waals surface area contributed by atoms with Gasteiger partial charge in [0.2, 0.25) is 11.8 Å². The lowest BCUT2D eigenvalue weighted by Crippen LogP contribution is -2.32. The molecule has 1 aromatic carbocycles. The number of benzene rings is 1. The van der Waals surface area contributed by atoms with E-state index in [1.165, 1.54) is 4.88 Å². The van der Waals surface area contributed by atoms with E-state index < -0.39 is 0 Å². The van der Waals surface area contributed by atoms with Crippen molar-refractivity contribution in [1.29, 1.82) is 0 Å². The zero-order valence-electron chi connectivity index (χ0n) is 13.3. The summed E-state index contributed by atoms with van der Waals surface area (Å²) in [7, 11) is 3.92.